The predicted octanol–water partition coefficient (Wildman–Crippen LogP) is 0.616. The average Bonchev–Trinajstić information content (AvgIpc) is 2.94. The summed E-state index contributed by atoms with van der Waals surface area (Å²) in [6.07, 6.45) is 0. The van der Waals surface area contributed by atoms with Gasteiger partial charge in [0.05, 0.1) is 4.90 Å². The van der Waals surface area contributed by atoms with Crippen molar-refractivity contribution in [2.75, 3.05) is 32.7 Å². The molecule has 0 radical (unpaired) electrons. The predicted molar refractivity (Wildman–Crippen MR) is 77.9 cm³/mol. The number of fused-ring (bicyclic) bond motifs is 1. The van der Waals surface area contributed by atoms with E-state index >= 15 is 0 Å². The van der Waals surface area contributed by atoms with E-state index in [1.807, 2.05) is 12.1 Å². The number of rotatable bonds is 3. The van der Waals surface area contributed by atoms with Crippen LogP contribution in [0.2, 0.25) is 0 Å². The van der Waals surface area contributed by atoms with Crippen molar-refractivity contribution in [1.82, 2.24) is 14.5 Å². The van der Waals surface area contributed by atoms with E-state index in [2.05, 4.69) is 17.1 Å². The van der Waals surface area contributed by atoms with Crippen molar-refractivity contribution in [3.8, 4) is 0 Å². The van der Waals surface area contributed by atoms with E-state index in [9.17, 15) is 8.42 Å². The highest BCUT2D eigenvalue weighted by Gasteiger charge is 2.28. The van der Waals surface area contributed by atoms with Gasteiger partial charge in [-0.2, -0.15) is 4.31 Å². The highest BCUT2D eigenvalue weighted by Crippen LogP contribution is 2.23. The van der Waals surface area contributed by atoms with Crippen LogP contribution in [0.1, 0.15) is 18.1 Å². The Morgan fingerprint density at radius 2 is 1.80 bits per heavy atom. The highest BCUT2D eigenvalue weighted by molar-refractivity contribution is 7.89. The van der Waals surface area contributed by atoms with Crippen molar-refractivity contribution >= 4 is 10.0 Å². The van der Waals surface area contributed by atoms with Crippen LogP contribution in [0.25, 0.3) is 0 Å². The van der Waals surface area contributed by atoms with Crippen molar-refractivity contribution in [1.29, 1.82) is 0 Å². The molecule has 0 aromatic heterocycles. The summed E-state index contributed by atoms with van der Waals surface area (Å²) in [6, 6.07) is 5.51. The fourth-order valence-corrected chi connectivity index (χ4v) is 4.34. The summed E-state index contributed by atoms with van der Waals surface area (Å²) in [4.78, 5) is 2.71. The molecular formula is C14H21N3O2S. The van der Waals surface area contributed by atoms with Gasteiger partial charge in [-0.3, -0.25) is 0 Å². The zero-order valence-electron chi connectivity index (χ0n) is 11.8. The van der Waals surface area contributed by atoms with Gasteiger partial charge < -0.3 is 10.2 Å². The van der Waals surface area contributed by atoms with Crippen LogP contribution in [0.3, 0.4) is 0 Å². The third-order valence-electron chi connectivity index (χ3n) is 4.22. The normalized spacial score (nSPS) is 21.1. The molecule has 0 aliphatic carbocycles. The lowest BCUT2D eigenvalue weighted by molar-refractivity contribution is 0.196. The van der Waals surface area contributed by atoms with Gasteiger partial charge in [0.15, 0.2) is 0 Å². The second kappa shape index (κ2) is 5.44. The van der Waals surface area contributed by atoms with Crippen molar-refractivity contribution in [3.63, 3.8) is 0 Å². The maximum absolute atomic E-state index is 12.7. The number of benzene rings is 1. The minimum atomic E-state index is -3.34. The van der Waals surface area contributed by atoms with Crippen LogP contribution in [0.5, 0.6) is 0 Å². The topological polar surface area (TPSA) is 52.7 Å². The first-order chi connectivity index (χ1) is 9.61. The van der Waals surface area contributed by atoms with Crippen molar-refractivity contribution in [2.45, 2.75) is 24.9 Å². The summed E-state index contributed by atoms with van der Waals surface area (Å²) < 4.78 is 27.0. The van der Waals surface area contributed by atoms with Crippen LogP contribution >= 0.6 is 0 Å². The first-order valence-corrected chi connectivity index (χ1v) is 8.60. The maximum atomic E-state index is 12.7. The molecule has 0 saturated carbocycles. The van der Waals surface area contributed by atoms with E-state index in [1.54, 1.807) is 10.4 Å². The standard InChI is InChI=1S/C14H21N3O2S/c1-2-16-5-7-17(8-6-16)20(18,19)14-4-3-12-10-15-11-13(12)9-14/h3-4,9,15H,2,5-8,10-11H2,1H3. The molecule has 5 nitrogen and oxygen atoms in total. The monoisotopic (exact) mass is 295 g/mol. The van der Waals surface area contributed by atoms with Crippen molar-refractivity contribution in [3.05, 3.63) is 29.3 Å². The molecule has 1 aromatic rings. The smallest absolute Gasteiger partial charge is 0.243 e. The van der Waals surface area contributed by atoms with Crippen molar-refractivity contribution in [2.24, 2.45) is 0 Å². The van der Waals surface area contributed by atoms with E-state index < -0.39 is 10.0 Å². The van der Waals surface area contributed by atoms with E-state index in [0.717, 1.165) is 38.3 Å². The molecule has 1 aromatic carbocycles. The van der Waals surface area contributed by atoms with Crippen molar-refractivity contribution < 1.29 is 8.42 Å². The van der Waals surface area contributed by atoms with Gasteiger partial charge in [-0.15, -0.1) is 0 Å². The van der Waals surface area contributed by atoms with Crippen LogP contribution in [0, 0.1) is 0 Å². The molecule has 3 rings (SSSR count). The van der Waals surface area contributed by atoms with Gasteiger partial charge in [-0.05, 0) is 29.8 Å². The number of sulfonamides is 1. The second-order valence-corrected chi connectivity index (χ2v) is 7.31. The molecule has 1 N–H and O–H groups in total. The minimum Gasteiger partial charge on any atom is -0.309 e. The number of nitrogens with zero attached hydrogens (tertiary/aromatic N) is 2. The fraction of sp³-hybridized carbons (Fsp3) is 0.571. The quantitative estimate of drug-likeness (QED) is 0.888. The Morgan fingerprint density at radius 3 is 2.50 bits per heavy atom. The molecule has 0 atom stereocenters. The van der Waals surface area contributed by atoms with E-state index in [4.69, 9.17) is 0 Å². The number of hydrogen-bond donors (Lipinski definition) is 1. The Balaban J connectivity index is 1.82. The van der Waals surface area contributed by atoms with Gasteiger partial charge in [0.2, 0.25) is 10.0 Å². The number of piperazine rings is 1. The summed E-state index contributed by atoms with van der Waals surface area (Å²) in [5, 5.41) is 3.24. The zero-order chi connectivity index (χ0) is 14.2. The van der Waals surface area contributed by atoms with Crippen LogP contribution in [0.4, 0.5) is 0 Å². The largest absolute Gasteiger partial charge is 0.309 e. The third-order valence-corrected chi connectivity index (χ3v) is 6.12. The lowest BCUT2D eigenvalue weighted by atomic mass is 10.1. The minimum absolute atomic E-state index is 0.435. The SMILES string of the molecule is CCN1CCN(S(=O)(=O)c2ccc3c(c2)CNC3)CC1. The summed E-state index contributed by atoms with van der Waals surface area (Å²) in [5.41, 5.74) is 2.32. The molecule has 2 heterocycles. The third kappa shape index (κ3) is 2.48. The highest BCUT2D eigenvalue weighted by atomic mass is 32.2. The number of likely N-dealkylation sites (N-methyl/N-ethyl adjacent to an activating group) is 1. The van der Waals surface area contributed by atoms with Gasteiger partial charge in [0.25, 0.3) is 0 Å². The Kier molecular flexibility index (Phi) is 3.81. The lowest BCUT2D eigenvalue weighted by Gasteiger charge is -2.33. The molecule has 6 heteroatoms. The maximum Gasteiger partial charge on any atom is 0.243 e. The summed E-state index contributed by atoms with van der Waals surface area (Å²) in [6.45, 7) is 7.52. The Morgan fingerprint density at radius 1 is 1.10 bits per heavy atom. The molecule has 1 saturated heterocycles. The Hall–Kier alpha value is -0.950. The van der Waals surface area contributed by atoms with Gasteiger partial charge >= 0.3 is 0 Å². The molecule has 0 unspecified atom stereocenters. The molecule has 0 spiro atoms. The van der Waals surface area contributed by atoms with Crippen LogP contribution < -0.4 is 5.32 Å². The molecule has 20 heavy (non-hydrogen) atoms. The molecule has 0 bridgehead atoms. The molecule has 0 amide bonds. The van der Waals surface area contributed by atoms with Crippen LogP contribution in [-0.4, -0.2) is 50.3 Å². The van der Waals surface area contributed by atoms with Gasteiger partial charge in [-0.1, -0.05) is 13.0 Å². The lowest BCUT2D eigenvalue weighted by Crippen LogP contribution is -2.48. The molecule has 2 aliphatic heterocycles. The molecular weight excluding hydrogens is 274 g/mol. The fourth-order valence-electron chi connectivity index (χ4n) is 2.87. The Bertz CT molecular complexity index is 592. The second-order valence-electron chi connectivity index (χ2n) is 5.37. The van der Waals surface area contributed by atoms with Crippen LogP contribution in [-0.2, 0) is 23.1 Å². The van der Waals surface area contributed by atoms with Gasteiger partial charge in [0.1, 0.15) is 0 Å². The summed E-state index contributed by atoms with van der Waals surface area (Å²) >= 11 is 0. The number of nitrogens with one attached hydrogen (secondary N) is 1. The first-order valence-electron chi connectivity index (χ1n) is 7.16. The van der Waals surface area contributed by atoms with Gasteiger partial charge in [-0.25, -0.2) is 8.42 Å². The summed E-state index contributed by atoms with van der Waals surface area (Å²) in [5.74, 6) is 0. The van der Waals surface area contributed by atoms with E-state index in [1.165, 1.54) is 5.56 Å². The average molecular weight is 295 g/mol. The summed E-state index contributed by atoms with van der Waals surface area (Å²) in [7, 11) is -3.34. The first kappa shape index (κ1) is 14.0. The van der Waals surface area contributed by atoms with E-state index in [0.29, 0.717) is 18.0 Å². The van der Waals surface area contributed by atoms with Crippen LogP contribution in [0.15, 0.2) is 23.1 Å². The van der Waals surface area contributed by atoms with E-state index in [-0.39, 0.29) is 0 Å². The molecule has 2 aliphatic rings. The zero-order valence-corrected chi connectivity index (χ0v) is 12.6. The van der Waals surface area contributed by atoms with Gasteiger partial charge in [0, 0.05) is 39.3 Å². The molecule has 110 valence electrons. The molecule has 1 fully saturated rings. The Labute approximate surface area is 120 Å². The number of hydrogen-bond acceptors (Lipinski definition) is 4.